The number of aromatic nitrogens is 2. The number of carbonyl (C=O) groups is 1. The molecule has 3 rings (SSSR count). The highest BCUT2D eigenvalue weighted by Gasteiger charge is 2.12. The number of hydrogen-bond acceptors (Lipinski definition) is 6. The molecule has 1 aromatic heterocycles. The van der Waals surface area contributed by atoms with Crippen molar-refractivity contribution in [3.05, 3.63) is 53.4 Å². The number of ether oxygens (including phenoxy) is 2. The Kier molecular flexibility index (Phi) is 7.30. The number of hydrogen-bond donors (Lipinski definition) is 1. The number of methoxy groups -OCH3 is 1. The van der Waals surface area contributed by atoms with E-state index in [4.69, 9.17) is 25.6 Å². The second-order valence-electron chi connectivity index (χ2n) is 7.14. The molecule has 0 atom stereocenters. The molecular weight excluding hydrogens is 406 g/mol. The van der Waals surface area contributed by atoms with E-state index in [1.165, 1.54) is 0 Å². The van der Waals surface area contributed by atoms with E-state index >= 15 is 0 Å². The van der Waals surface area contributed by atoms with Crippen LogP contribution >= 0.6 is 11.6 Å². The van der Waals surface area contributed by atoms with E-state index in [0.717, 1.165) is 11.3 Å². The molecule has 30 heavy (non-hydrogen) atoms. The van der Waals surface area contributed by atoms with Gasteiger partial charge >= 0.3 is 0 Å². The molecule has 0 spiro atoms. The van der Waals surface area contributed by atoms with E-state index in [9.17, 15) is 4.79 Å². The molecule has 0 radical (unpaired) electrons. The van der Waals surface area contributed by atoms with E-state index in [0.29, 0.717) is 47.1 Å². The van der Waals surface area contributed by atoms with Gasteiger partial charge in [0.15, 0.2) is 0 Å². The van der Waals surface area contributed by atoms with Crippen LogP contribution in [-0.2, 0) is 11.2 Å². The summed E-state index contributed by atoms with van der Waals surface area (Å²) in [5.41, 5.74) is 1.41. The number of amides is 1. The van der Waals surface area contributed by atoms with Crippen molar-refractivity contribution in [3.8, 4) is 22.9 Å². The Hall–Kier alpha value is -3.06. The number of nitrogens with one attached hydrogen (secondary N) is 1. The summed E-state index contributed by atoms with van der Waals surface area (Å²) in [5, 5.41) is 7.23. The number of rotatable bonds is 9. The summed E-state index contributed by atoms with van der Waals surface area (Å²) in [6, 6.07) is 12.5. The number of carbonyl (C=O) groups excluding carboxylic acids is 1. The van der Waals surface area contributed by atoms with Gasteiger partial charge in [-0.15, -0.1) is 0 Å². The maximum absolute atomic E-state index is 12.3. The molecule has 0 aliphatic rings. The van der Waals surface area contributed by atoms with Gasteiger partial charge in [-0.25, -0.2) is 0 Å². The number of benzene rings is 2. The molecule has 3 aromatic rings. The maximum Gasteiger partial charge on any atom is 0.227 e. The van der Waals surface area contributed by atoms with Crippen LogP contribution < -0.4 is 14.8 Å². The van der Waals surface area contributed by atoms with Crippen molar-refractivity contribution >= 4 is 23.2 Å². The average molecular weight is 430 g/mol. The Morgan fingerprint density at radius 1 is 1.20 bits per heavy atom. The van der Waals surface area contributed by atoms with Crippen molar-refractivity contribution in [1.29, 1.82) is 0 Å². The van der Waals surface area contributed by atoms with Crippen LogP contribution in [0.4, 0.5) is 5.69 Å². The third-order valence-corrected chi connectivity index (χ3v) is 4.47. The number of aryl methyl sites for hydroxylation is 1. The van der Waals surface area contributed by atoms with E-state index in [1.807, 2.05) is 24.3 Å². The van der Waals surface area contributed by atoms with Crippen LogP contribution in [0.2, 0.25) is 5.02 Å². The molecule has 0 saturated carbocycles. The van der Waals surface area contributed by atoms with E-state index in [-0.39, 0.29) is 12.3 Å². The van der Waals surface area contributed by atoms with Crippen LogP contribution in [0.3, 0.4) is 0 Å². The maximum atomic E-state index is 12.3. The van der Waals surface area contributed by atoms with Gasteiger partial charge in [-0.1, -0.05) is 30.6 Å². The molecule has 1 amide bonds. The molecule has 1 N–H and O–H groups in total. The first-order valence-corrected chi connectivity index (χ1v) is 10.0. The first-order chi connectivity index (χ1) is 14.4. The number of nitrogens with zero attached hydrogens (tertiary/aromatic N) is 2. The largest absolute Gasteiger partial charge is 0.497 e. The lowest BCUT2D eigenvalue weighted by Crippen LogP contribution is -2.12. The van der Waals surface area contributed by atoms with Crippen LogP contribution in [0.25, 0.3) is 11.4 Å². The molecule has 2 aromatic carbocycles. The van der Waals surface area contributed by atoms with Crippen LogP contribution in [0.1, 0.15) is 26.2 Å². The molecule has 8 heteroatoms. The van der Waals surface area contributed by atoms with Crippen molar-refractivity contribution in [2.75, 3.05) is 19.0 Å². The molecular formula is C22H24ClN3O4. The Morgan fingerprint density at radius 3 is 2.63 bits per heavy atom. The van der Waals surface area contributed by atoms with Crippen LogP contribution in [0.5, 0.6) is 11.5 Å². The Morgan fingerprint density at radius 2 is 1.97 bits per heavy atom. The van der Waals surface area contributed by atoms with Crippen molar-refractivity contribution in [3.63, 3.8) is 0 Å². The first kappa shape index (κ1) is 21.6. The highest BCUT2D eigenvalue weighted by Crippen LogP contribution is 2.28. The number of anilines is 1. The average Bonchev–Trinajstić information content (AvgIpc) is 3.21. The van der Waals surface area contributed by atoms with Gasteiger partial charge in [0, 0.05) is 24.1 Å². The predicted molar refractivity (Wildman–Crippen MR) is 115 cm³/mol. The fourth-order valence-electron chi connectivity index (χ4n) is 2.61. The van der Waals surface area contributed by atoms with Gasteiger partial charge in [0.2, 0.25) is 17.6 Å². The molecule has 0 aliphatic heterocycles. The zero-order chi connectivity index (χ0) is 21.5. The normalized spacial score (nSPS) is 10.8. The molecule has 158 valence electrons. The fourth-order valence-corrected chi connectivity index (χ4v) is 2.84. The molecule has 1 heterocycles. The molecule has 7 nitrogen and oxygen atoms in total. The Balaban J connectivity index is 1.52. The molecule has 0 fully saturated rings. The monoisotopic (exact) mass is 429 g/mol. The van der Waals surface area contributed by atoms with Gasteiger partial charge in [0.05, 0.1) is 18.7 Å². The third kappa shape index (κ3) is 5.97. The summed E-state index contributed by atoms with van der Waals surface area (Å²) in [6.07, 6.45) is 0.534. The lowest BCUT2D eigenvalue weighted by Gasteiger charge is -2.11. The van der Waals surface area contributed by atoms with Crippen molar-refractivity contribution in [2.45, 2.75) is 26.7 Å². The minimum atomic E-state index is -0.175. The Bertz CT molecular complexity index is 986. The van der Waals surface area contributed by atoms with E-state index < -0.39 is 0 Å². The second-order valence-corrected chi connectivity index (χ2v) is 7.55. The van der Waals surface area contributed by atoms with Crippen LogP contribution in [-0.4, -0.2) is 29.8 Å². The summed E-state index contributed by atoms with van der Waals surface area (Å²) in [6.45, 7) is 4.70. The zero-order valence-corrected chi connectivity index (χ0v) is 17.9. The second kappa shape index (κ2) is 10.1. The standard InChI is InChI=1S/C22H24ClN3O4/c1-14(2)13-29-19-9-6-16(12-18(19)23)24-20(27)10-11-21-25-22(26-30-21)15-4-7-17(28-3)8-5-15/h4-9,12,14H,10-11,13H2,1-3H3,(H,24,27). The highest BCUT2D eigenvalue weighted by atomic mass is 35.5. The van der Waals surface area contributed by atoms with Gasteiger partial charge in [-0.2, -0.15) is 4.98 Å². The minimum absolute atomic E-state index is 0.175. The van der Waals surface area contributed by atoms with Gasteiger partial charge < -0.3 is 19.3 Å². The summed E-state index contributed by atoms with van der Waals surface area (Å²) >= 11 is 6.23. The van der Waals surface area contributed by atoms with Crippen molar-refractivity contribution in [1.82, 2.24) is 10.1 Å². The molecule has 0 aliphatic carbocycles. The quantitative estimate of drug-likeness (QED) is 0.514. The van der Waals surface area contributed by atoms with Gasteiger partial charge in [-0.3, -0.25) is 4.79 Å². The predicted octanol–water partition coefficient (Wildman–Crippen LogP) is 5.00. The fraction of sp³-hybridized carbons (Fsp3) is 0.318. The topological polar surface area (TPSA) is 86.5 Å². The Labute approximate surface area is 180 Å². The smallest absolute Gasteiger partial charge is 0.227 e. The van der Waals surface area contributed by atoms with Gasteiger partial charge in [-0.05, 0) is 48.4 Å². The first-order valence-electron chi connectivity index (χ1n) is 9.64. The van der Waals surface area contributed by atoms with E-state index in [2.05, 4.69) is 29.3 Å². The molecule has 0 bridgehead atoms. The lowest BCUT2D eigenvalue weighted by molar-refractivity contribution is -0.116. The third-order valence-electron chi connectivity index (χ3n) is 4.17. The van der Waals surface area contributed by atoms with Gasteiger partial charge in [0.1, 0.15) is 11.5 Å². The molecule has 0 unspecified atom stereocenters. The minimum Gasteiger partial charge on any atom is -0.497 e. The summed E-state index contributed by atoms with van der Waals surface area (Å²) in [5.74, 6) is 2.43. The van der Waals surface area contributed by atoms with Crippen molar-refractivity contribution in [2.24, 2.45) is 5.92 Å². The SMILES string of the molecule is COc1ccc(-c2noc(CCC(=O)Nc3ccc(OCC(C)C)c(Cl)c3)n2)cc1. The van der Waals surface area contributed by atoms with Crippen LogP contribution in [0.15, 0.2) is 47.0 Å². The van der Waals surface area contributed by atoms with Crippen LogP contribution in [0, 0.1) is 5.92 Å². The lowest BCUT2D eigenvalue weighted by atomic mass is 10.2. The summed E-state index contributed by atoms with van der Waals surface area (Å²) in [7, 11) is 1.61. The summed E-state index contributed by atoms with van der Waals surface area (Å²) in [4.78, 5) is 16.6. The number of halogens is 1. The van der Waals surface area contributed by atoms with Crippen molar-refractivity contribution < 1.29 is 18.8 Å². The molecule has 0 saturated heterocycles. The highest BCUT2D eigenvalue weighted by molar-refractivity contribution is 6.32. The summed E-state index contributed by atoms with van der Waals surface area (Å²) < 4.78 is 16.0. The van der Waals surface area contributed by atoms with E-state index in [1.54, 1.807) is 25.3 Å². The van der Waals surface area contributed by atoms with Gasteiger partial charge in [0.25, 0.3) is 0 Å². The zero-order valence-electron chi connectivity index (χ0n) is 17.1.